The molecule has 0 aliphatic heterocycles. The van der Waals surface area contributed by atoms with E-state index in [0.29, 0.717) is 11.8 Å². The monoisotopic (exact) mass is 183 g/mol. The Hall–Kier alpha value is -0.460. The Bertz CT molecular complexity index is 159. The Labute approximate surface area is 83.4 Å². The van der Waals surface area contributed by atoms with Gasteiger partial charge in [0.25, 0.3) is 0 Å². The summed E-state index contributed by atoms with van der Waals surface area (Å²) >= 11 is 0. The van der Waals surface area contributed by atoms with Crippen molar-refractivity contribution in [1.29, 1.82) is 0 Å². The third kappa shape index (κ3) is 4.35. The number of hydrogen-bond acceptors (Lipinski definition) is 1. The zero-order chi connectivity index (χ0) is 10.6. The fraction of sp³-hybridized carbons (Fsp3) is 0.833. The molecule has 0 aromatic rings. The van der Waals surface area contributed by atoms with Crippen LogP contribution in [0, 0.1) is 23.7 Å². The maximum atomic E-state index is 5.79. The molecule has 1 nitrogen and oxygen atoms in total. The molecule has 78 valence electrons. The summed E-state index contributed by atoms with van der Waals surface area (Å²) in [5.74, 6) is 2.56. The second-order valence-electron chi connectivity index (χ2n) is 4.88. The van der Waals surface area contributed by atoms with Crippen molar-refractivity contribution in [2.75, 3.05) is 0 Å². The van der Waals surface area contributed by atoms with Crippen LogP contribution >= 0.6 is 0 Å². The highest BCUT2D eigenvalue weighted by Crippen LogP contribution is 2.27. The Balaban J connectivity index is 4.18. The minimum absolute atomic E-state index is 0.484. The van der Waals surface area contributed by atoms with Crippen LogP contribution in [0.5, 0.6) is 0 Å². The van der Waals surface area contributed by atoms with Crippen LogP contribution < -0.4 is 5.73 Å². The molecule has 2 atom stereocenters. The van der Waals surface area contributed by atoms with E-state index in [0.717, 1.165) is 17.5 Å². The van der Waals surface area contributed by atoms with Crippen LogP contribution in [0.4, 0.5) is 0 Å². The Morgan fingerprint density at radius 3 is 1.77 bits per heavy atom. The van der Waals surface area contributed by atoms with Crippen molar-refractivity contribution in [1.82, 2.24) is 0 Å². The van der Waals surface area contributed by atoms with Crippen LogP contribution in [0.2, 0.25) is 0 Å². The van der Waals surface area contributed by atoms with Gasteiger partial charge in [0.15, 0.2) is 0 Å². The third-order valence-corrected chi connectivity index (χ3v) is 3.04. The van der Waals surface area contributed by atoms with Gasteiger partial charge in [-0.2, -0.15) is 0 Å². The molecule has 0 heterocycles. The SMILES string of the molecule is C=C(N)C(CC(C)C(C)C)C(C)C. The first-order valence-electron chi connectivity index (χ1n) is 5.30. The second-order valence-corrected chi connectivity index (χ2v) is 4.88. The van der Waals surface area contributed by atoms with Crippen molar-refractivity contribution in [3.05, 3.63) is 12.3 Å². The first-order chi connectivity index (χ1) is 5.86. The highest BCUT2D eigenvalue weighted by Gasteiger charge is 2.19. The number of hydrogen-bond donors (Lipinski definition) is 1. The summed E-state index contributed by atoms with van der Waals surface area (Å²) in [5.41, 5.74) is 6.64. The van der Waals surface area contributed by atoms with E-state index < -0.39 is 0 Å². The van der Waals surface area contributed by atoms with Crippen molar-refractivity contribution < 1.29 is 0 Å². The summed E-state index contributed by atoms with van der Waals surface area (Å²) in [4.78, 5) is 0. The Morgan fingerprint density at radius 1 is 1.08 bits per heavy atom. The fourth-order valence-corrected chi connectivity index (χ4v) is 1.52. The summed E-state index contributed by atoms with van der Waals surface area (Å²) in [6.07, 6.45) is 1.17. The van der Waals surface area contributed by atoms with Crippen LogP contribution in [0.3, 0.4) is 0 Å². The van der Waals surface area contributed by atoms with Gasteiger partial charge in [-0.1, -0.05) is 41.2 Å². The largest absolute Gasteiger partial charge is 0.402 e. The maximum absolute atomic E-state index is 5.79. The molecule has 0 rings (SSSR count). The first-order valence-corrected chi connectivity index (χ1v) is 5.30. The van der Waals surface area contributed by atoms with Crippen molar-refractivity contribution in [3.63, 3.8) is 0 Å². The fourth-order valence-electron chi connectivity index (χ4n) is 1.52. The van der Waals surface area contributed by atoms with Crippen molar-refractivity contribution >= 4 is 0 Å². The number of allylic oxidation sites excluding steroid dienone is 1. The number of rotatable bonds is 5. The van der Waals surface area contributed by atoms with Gasteiger partial charge >= 0.3 is 0 Å². The van der Waals surface area contributed by atoms with Crippen LogP contribution in [-0.4, -0.2) is 0 Å². The zero-order valence-corrected chi connectivity index (χ0v) is 9.80. The van der Waals surface area contributed by atoms with Crippen LogP contribution in [-0.2, 0) is 0 Å². The minimum atomic E-state index is 0.484. The highest BCUT2D eigenvalue weighted by atomic mass is 14.6. The molecule has 0 saturated carbocycles. The molecule has 2 N–H and O–H groups in total. The predicted molar refractivity (Wildman–Crippen MR) is 60.3 cm³/mol. The van der Waals surface area contributed by atoms with Crippen molar-refractivity contribution in [2.24, 2.45) is 29.4 Å². The van der Waals surface area contributed by atoms with E-state index in [1.54, 1.807) is 0 Å². The van der Waals surface area contributed by atoms with Gasteiger partial charge in [0.05, 0.1) is 0 Å². The summed E-state index contributed by atoms with van der Waals surface area (Å²) in [5, 5.41) is 0. The standard InChI is InChI=1S/C12H25N/c1-8(2)10(5)7-12(9(3)4)11(6)13/h8-10,12H,6-7,13H2,1-5H3. The molecule has 0 aliphatic rings. The molecule has 0 amide bonds. The van der Waals surface area contributed by atoms with Crippen LogP contribution in [0.25, 0.3) is 0 Å². The average Bonchev–Trinajstić information content (AvgIpc) is 1.97. The molecule has 1 heteroatoms. The molecular formula is C12H25N. The lowest BCUT2D eigenvalue weighted by molar-refractivity contribution is 0.295. The van der Waals surface area contributed by atoms with Gasteiger partial charge in [0.2, 0.25) is 0 Å². The topological polar surface area (TPSA) is 26.0 Å². The van der Waals surface area contributed by atoms with Gasteiger partial charge in [-0.15, -0.1) is 0 Å². The highest BCUT2D eigenvalue weighted by molar-refractivity contribution is 4.96. The van der Waals surface area contributed by atoms with E-state index in [9.17, 15) is 0 Å². The molecule has 0 fully saturated rings. The van der Waals surface area contributed by atoms with Crippen LogP contribution in [0.15, 0.2) is 12.3 Å². The normalized spacial score (nSPS) is 16.2. The van der Waals surface area contributed by atoms with E-state index in [2.05, 4.69) is 41.2 Å². The molecule has 0 aromatic carbocycles. The third-order valence-electron chi connectivity index (χ3n) is 3.04. The lowest BCUT2D eigenvalue weighted by atomic mass is 9.81. The minimum Gasteiger partial charge on any atom is -0.402 e. The number of nitrogens with two attached hydrogens (primary N) is 1. The summed E-state index contributed by atoms with van der Waals surface area (Å²) in [6.45, 7) is 15.1. The zero-order valence-electron chi connectivity index (χ0n) is 9.80. The quantitative estimate of drug-likeness (QED) is 0.694. The van der Waals surface area contributed by atoms with Gasteiger partial charge in [0, 0.05) is 11.6 Å². The summed E-state index contributed by atoms with van der Waals surface area (Å²) in [6, 6.07) is 0. The molecule has 0 bridgehead atoms. The smallest absolute Gasteiger partial charge is 0.00417 e. The molecule has 0 aliphatic carbocycles. The van der Waals surface area contributed by atoms with E-state index >= 15 is 0 Å². The maximum Gasteiger partial charge on any atom is 0.00417 e. The molecule has 13 heavy (non-hydrogen) atoms. The average molecular weight is 183 g/mol. The van der Waals surface area contributed by atoms with E-state index in [1.165, 1.54) is 6.42 Å². The van der Waals surface area contributed by atoms with Gasteiger partial charge in [-0.25, -0.2) is 0 Å². The molecule has 0 aromatic heterocycles. The van der Waals surface area contributed by atoms with E-state index in [1.807, 2.05) is 0 Å². The van der Waals surface area contributed by atoms with Gasteiger partial charge in [-0.3, -0.25) is 0 Å². The Morgan fingerprint density at radius 2 is 1.54 bits per heavy atom. The van der Waals surface area contributed by atoms with Gasteiger partial charge < -0.3 is 5.73 Å². The van der Waals surface area contributed by atoms with Crippen LogP contribution in [0.1, 0.15) is 41.0 Å². The first kappa shape index (κ1) is 12.5. The molecule has 0 radical (unpaired) electrons. The molecule has 0 spiro atoms. The Kier molecular flexibility index (Phi) is 5.12. The van der Waals surface area contributed by atoms with E-state index in [-0.39, 0.29) is 0 Å². The van der Waals surface area contributed by atoms with Crippen molar-refractivity contribution in [3.8, 4) is 0 Å². The van der Waals surface area contributed by atoms with E-state index in [4.69, 9.17) is 5.73 Å². The predicted octanol–water partition coefficient (Wildman–Crippen LogP) is 3.41. The van der Waals surface area contributed by atoms with Crippen molar-refractivity contribution in [2.45, 2.75) is 41.0 Å². The molecular weight excluding hydrogens is 158 g/mol. The lowest BCUT2D eigenvalue weighted by Gasteiger charge is -2.26. The van der Waals surface area contributed by atoms with Gasteiger partial charge in [-0.05, 0) is 24.2 Å². The molecule has 2 unspecified atom stereocenters. The van der Waals surface area contributed by atoms with Gasteiger partial charge in [0.1, 0.15) is 0 Å². The lowest BCUT2D eigenvalue weighted by Crippen LogP contribution is -2.21. The molecule has 0 saturated heterocycles. The summed E-state index contributed by atoms with van der Waals surface area (Å²) < 4.78 is 0. The second kappa shape index (κ2) is 5.31. The summed E-state index contributed by atoms with van der Waals surface area (Å²) in [7, 11) is 0.